The van der Waals surface area contributed by atoms with Crippen molar-refractivity contribution in [2.45, 2.75) is 26.6 Å². The molecular weight excluding hydrogens is 366 g/mol. The molecular formula is C22H21N5O2. The molecule has 0 saturated carbocycles. The number of nitrogens with zero attached hydrogens (tertiary/aromatic N) is 4. The van der Waals surface area contributed by atoms with Crippen molar-refractivity contribution in [1.29, 1.82) is 0 Å². The van der Waals surface area contributed by atoms with E-state index < -0.39 is 0 Å². The van der Waals surface area contributed by atoms with Gasteiger partial charge < -0.3 is 5.32 Å². The smallest absolute Gasteiger partial charge is 0.275 e. The predicted octanol–water partition coefficient (Wildman–Crippen LogP) is 2.27. The topological polar surface area (TPSA) is 81.8 Å². The van der Waals surface area contributed by atoms with Crippen molar-refractivity contribution in [3.05, 3.63) is 94.2 Å². The summed E-state index contributed by atoms with van der Waals surface area (Å²) in [6.07, 6.45) is 3.64. The molecule has 1 amide bonds. The van der Waals surface area contributed by atoms with E-state index in [-0.39, 0.29) is 18.0 Å². The normalized spacial score (nSPS) is 10.9. The summed E-state index contributed by atoms with van der Waals surface area (Å²) in [5.41, 5.74) is 2.54. The number of hydrogen-bond donors (Lipinski definition) is 1. The summed E-state index contributed by atoms with van der Waals surface area (Å²) in [5.74, 6) is -0.261. The van der Waals surface area contributed by atoms with Gasteiger partial charge in [0.15, 0.2) is 0 Å². The van der Waals surface area contributed by atoms with Crippen LogP contribution in [0.5, 0.6) is 0 Å². The molecule has 0 fully saturated rings. The van der Waals surface area contributed by atoms with Crippen LogP contribution in [-0.2, 0) is 24.4 Å². The van der Waals surface area contributed by atoms with Crippen molar-refractivity contribution < 1.29 is 4.79 Å². The summed E-state index contributed by atoms with van der Waals surface area (Å²) < 4.78 is 3.06. The molecule has 0 bridgehead atoms. The highest BCUT2D eigenvalue weighted by atomic mass is 16.2. The van der Waals surface area contributed by atoms with Crippen molar-refractivity contribution in [3.8, 4) is 0 Å². The van der Waals surface area contributed by atoms with Crippen molar-refractivity contribution in [1.82, 2.24) is 24.9 Å². The highest BCUT2D eigenvalue weighted by molar-refractivity contribution is 5.83. The summed E-state index contributed by atoms with van der Waals surface area (Å²) in [7, 11) is 0. The number of fused-ring (bicyclic) bond motifs is 1. The first-order valence-corrected chi connectivity index (χ1v) is 9.39. The Morgan fingerprint density at radius 1 is 1.00 bits per heavy atom. The van der Waals surface area contributed by atoms with Gasteiger partial charge in [0.2, 0.25) is 5.91 Å². The first-order valence-electron chi connectivity index (χ1n) is 9.39. The van der Waals surface area contributed by atoms with Crippen LogP contribution in [0.15, 0.2) is 71.8 Å². The van der Waals surface area contributed by atoms with Gasteiger partial charge in [-0.25, -0.2) is 4.68 Å². The van der Waals surface area contributed by atoms with Gasteiger partial charge in [0.05, 0.1) is 17.6 Å². The molecule has 2 aromatic heterocycles. The third kappa shape index (κ3) is 4.08. The number of benzene rings is 2. The highest BCUT2D eigenvalue weighted by Gasteiger charge is 2.11. The van der Waals surface area contributed by atoms with Gasteiger partial charge in [-0.2, -0.15) is 10.2 Å². The van der Waals surface area contributed by atoms with E-state index in [0.717, 1.165) is 22.2 Å². The number of hydrogen-bond acceptors (Lipinski definition) is 4. The molecule has 7 nitrogen and oxygen atoms in total. The van der Waals surface area contributed by atoms with Crippen LogP contribution in [0.2, 0.25) is 0 Å². The van der Waals surface area contributed by atoms with Crippen LogP contribution < -0.4 is 10.9 Å². The quantitative estimate of drug-likeness (QED) is 0.550. The zero-order valence-corrected chi connectivity index (χ0v) is 16.1. The maximum absolute atomic E-state index is 12.6. The molecule has 0 unspecified atom stereocenters. The molecule has 0 saturated heterocycles. The number of amides is 1. The van der Waals surface area contributed by atoms with Crippen LogP contribution >= 0.6 is 0 Å². The van der Waals surface area contributed by atoms with Gasteiger partial charge in [0, 0.05) is 24.3 Å². The van der Waals surface area contributed by atoms with Crippen molar-refractivity contribution >= 4 is 16.7 Å². The third-order valence-corrected chi connectivity index (χ3v) is 4.83. The molecule has 0 aliphatic carbocycles. The molecule has 146 valence electrons. The van der Waals surface area contributed by atoms with Gasteiger partial charge in [-0.1, -0.05) is 42.5 Å². The van der Waals surface area contributed by atoms with Crippen molar-refractivity contribution in [3.63, 3.8) is 0 Å². The van der Waals surface area contributed by atoms with E-state index >= 15 is 0 Å². The summed E-state index contributed by atoms with van der Waals surface area (Å²) in [5, 5.41) is 12.8. The lowest BCUT2D eigenvalue weighted by Crippen LogP contribution is -2.34. The lowest BCUT2D eigenvalue weighted by molar-refractivity contribution is -0.122. The Morgan fingerprint density at radius 3 is 2.48 bits per heavy atom. The molecule has 2 aromatic carbocycles. The second-order valence-corrected chi connectivity index (χ2v) is 6.84. The van der Waals surface area contributed by atoms with Crippen molar-refractivity contribution in [2.75, 3.05) is 0 Å². The summed E-state index contributed by atoms with van der Waals surface area (Å²) >= 11 is 0. The van der Waals surface area contributed by atoms with Crippen LogP contribution in [0.3, 0.4) is 0 Å². The SMILES string of the molecule is Cc1nn(CC(=O)NCc2ccccc2Cn2cccn2)c(=O)c2ccccc12. The Kier molecular flexibility index (Phi) is 5.20. The van der Waals surface area contributed by atoms with Gasteiger partial charge in [-0.15, -0.1) is 0 Å². The van der Waals surface area contributed by atoms with Gasteiger partial charge in [-0.05, 0) is 30.2 Å². The first kappa shape index (κ1) is 18.6. The maximum Gasteiger partial charge on any atom is 0.275 e. The minimum atomic E-state index is -0.263. The minimum absolute atomic E-state index is 0.119. The van der Waals surface area contributed by atoms with Crippen LogP contribution in [-0.4, -0.2) is 25.5 Å². The summed E-state index contributed by atoms with van der Waals surface area (Å²) in [6.45, 7) is 2.72. The maximum atomic E-state index is 12.6. The molecule has 0 aliphatic rings. The van der Waals surface area contributed by atoms with Gasteiger partial charge in [0.25, 0.3) is 5.56 Å². The molecule has 1 N–H and O–H groups in total. The molecule has 0 aliphatic heterocycles. The molecule has 4 rings (SSSR count). The predicted molar refractivity (Wildman–Crippen MR) is 110 cm³/mol. The van der Waals surface area contributed by atoms with Crippen molar-refractivity contribution in [2.24, 2.45) is 0 Å². The Balaban J connectivity index is 1.47. The third-order valence-electron chi connectivity index (χ3n) is 4.83. The molecule has 2 heterocycles. The molecule has 0 spiro atoms. The van der Waals surface area contributed by atoms with Gasteiger partial charge >= 0.3 is 0 Å². The second-order valence-electron chi connectivity index (χ2n) is 6.84. The average molecular weight is 387 g/mol. The Bertz CT molecular complexity index is 1210. The monoisotopic (exact) mass is 387 g/mol. The summed E-state index contributed by atoms with van der Waals surface area (Å²) in [6, 6.07) is 17.1. The average Bonchev–Trinajstić information content (AvgIpc) is 3.24. The van der Waals surface area contributed by atoms with E-state index in [1.807, 2.05) is 66.3 Å². The number of carbonyl (C=O) groups excluding carboxylic acids is 1. The second kappa shape index (κ2) is 8.10. The van der Waals surface area contributed by atoms with E-state index in [4.69, 9.17) is 0 Å². The van der Waals surface area contributed by atoms with E-state index in [9.17, 15) is 9.59 Å². The van der Waals surface area contributed by atoms with E-state index in [2.05, 4.69) is 15.5 Å². The molecule has 4 aromatic rings. The molecule has 7 heteroatoms. The fraction of sp³-hybridized carbons (Fsp3) is 0.182. The standard InChI is InChI=1S/C22H21N5O2/c1-16-19-9-4-5-10-20(19)22(29)27(25-16)15-21(28)23-13-17-7-2-3-8-18(17)14-26-12-6-11-24-26/h2-12H,13-15H2,1H3,(H,23,28). The zero-order chi connectivity index (χ0) is 20.2. The minimum Gasteiger partial charge on any atom is -0.350 e. The highest BCUT2D eigenvalue weighted by Crippen LogP contribution is 2.12. The Labute approximate surface area is 167 Å². The Morgan fingerprint density at radius 2 is 1.72 bits per heavy atom. The van der Waals surface area contributed by atoms with E-state index in [0.29, 0.717) is 18.5 Å². The van der Waals surface area contributed by atoms with Crippen LogP contribution in [0.4, 0.5) is 0 Å². The van der Waals surface area contributed by atoms with Gasteiger partial charge in [-0.3, -0.25) is 14.3 Å². The van der Waals surface area contributed by atoms with Crippen LogP contribution in [0.1, 0.15) is 16.8 Å². The van der Waals surface area contributed by atoms with E-state index in [1.54, 1.807) is 12.3 Å². The molecule has 29 heavy (non-hydrogen) atoms. The Hall–Kier alpha value is -3.74. The summed E-state index contributed by atoms with van der Waals surface area (Å²) in [4.78, 5) is 25.1. The fourth-order valence-electron chi connectivity index (χ4n) is 3.35. The number of rotatable bonds is 6. The number of aryl methyl sites for hydroxylation is 1. The number of carbonyl (C=O) groups is 1. The lowest BCUT2D eigenvalue weighted by atomic mass is 10.1. The van der Waals surface area contributed by atoms with Crippen LogP contribution in [0.25, 0.3) is 10.8 Å². The van der Waals surface area contributed by atoms with E-state index in [1.165, 1.54) is 4.68 Å². The first-order chi connectivity index (χ1) is 14.1. The molecule has 0 radical (unpaired) electrons. The molecule has 0 atom stereocenters. The zero-order valence-electron chi connectivity index (χ0n) is 16.1. The van der Waals surface area contributed by atoms with Crippen LogP contribution in [0, 0.1) is 6.92 Å². The number of nitrogens with one attached hydrogen (secondary N) is 1. The fourth-order valence-corrected chi connectivity index (χ4v) is 3.35. The number of aromatic nitrogens is 4. The largest absolute Gasteiger partial charge is 0.350 e. The van der Waals surface area contributed by atoms with Gasteiger partial charge in [0.1, 0.15) is 6.54 Å². The lowest BCUT2D eigenvalue weighted by Gasteiger charge is -2.12.